The van der Waals surface area contributed by atoms with Crippen LogP contribution in [0.3, 0.4) is 0 Å². The van der Waals surface area contributed by atoms with E-state index < -0.39 is 0 Å². The van der Waals surface area contributed by atoms with Crippen LogP contribution in [-0.4, -0.2) is 12.5 Å². The third-order valence-corrected chi connectivity index (χ3v) is 3.32. The molecule has 3 heteroatoms. The SMILES string of the molecule is CCOc1ccccc1NC(=O)C[C@@H](C)c1ccccc1. The van der Waals surface area contributed by atoms with Gasteiger partial charge in [-0.25, -0.2) is 0 Å². The van der Waals surface area contributed by atoms with Gasteiger partial charge in [-0.05, 0) is 30.5 Å². The van der Waals surface area contributed by atoms with Crippen LogP contribution in [0.4, 0.5) is 5.69 Å². The first-order valence-corrected chi connectivity index (χ1v) is 7.27. The van der Waals surface area contributed by atoms with Crippen molar-refractivity contribution < 1.29 is 9.53 Å². The van der Waals surface area contributed by atoms with E-state index in [1.807, 2.05) is 61.5 Å². The zero-order valence-electron chi connectivity index (χ0n) is 12.5. The van der Waals surface area contributed by atoms with Gasteiger partial charge in [0.15, 0.2) is 0 Å². The molecular weight excluding hydrogens is 262 g/mol. The zero-order valence-corrected chi connectivity index (χ0v) is 12.5. The van der Waals surface area contributed by atoms with E-state index in [9.17, 15) is 4.79 Å². The monoisotopic (exact) mass is 283 g/mol. The van der Waals surface area contributed by atoms with Crippen LogP contribution in [0.1, 0.15) is 31.7 Å². The minimum atomic E-state index is -0.00138. The van der Waals surface area contributed by atoms with Gasteiger partial charge >= 0.3 is 0 Å². The molecular formula is C18H21NO2. The molecule has 1 amide bonds. The van der Waals surface area contributed by atoms with Crippen molar-refractivity contribution in [2.75, 3.05) is 11.9 Å². The largest absolute Gasteiger partial charge is 0.492 e. The van der Waals surface area contributed by atoms with E-state index in [0.717, 1.165) is 5.69 Å². The van der Waals surface area contributed by atoms with Crippen LogP contribution in [0.5, 0.6) is 5.75 Å². The number of nitrogens with one attached hydrogen (secondary N) is 1. The van der Waals surface area contributed by atoms with Crippen molar-refractivity contribution in [3.8, 4) is 5.75 Å². The molecule has 21 heavy (non-hydrogen) atoms. The van der Waals surface area contributed by atoms with E-state index in [4.69, 9.17) is 4.74 Å². The predicted molar refractivity (Wildman–Crippen MR) is 85.7 cm³/mol. The summed E-state index contributed by atoms with van der Waals surface area (Å²) in [5.74, 6) is 0.893. The molecule has 0 aliphatic carbocycles. The molecule has 0 spiro atoms. The Hall–Kier alpha value is -2.29. The second kappa shape index (κ2) is 7.48. The number of benzene rings is 2. The molecule has 0 saturated heterocycles. The summed E-state index contributed by atoms with van der Waals surface area (Å²) in [4.78, 5) is 12.2. The number of carbonyl (C=O) groups excluding carboxylic acids is 1. The molecule has 110 valence electrons. The van der Waals surface area contributed by atoms with Crippen LogP contribution in [0, 0.1) is 0 Å². The highest BCUT2D eigenvalue weighted by molar-refractivity contribution is 5.92. The molecule has 0 heterocycles. The minimum Gasteiger partial charge on any atom is -0.492 e. The summed E-state index contributed by atoms with van der Waals surface area (Å²) in [6, 6.07) is 17.6. The normalized spacial score (nSPS) is 11.7. The van der Waals surface area contributed by atoms with Gasteiger partial charge in [-0.2, -0.15) is 0 Å². The van der Waals surface area contributed by atoms with Crippen LogP contribution < -0.4 is 10.1 Å². The van der Waals surface area contributed by atoms with Gasteiger partial charge in [0.05, 0.1) is 12.3 Å². The molecule has 0 saturated carbocycles. The summed E-state index contributed by atoms with van der Waals surface area (Å²) in [7, 11) is 0. The van der Waals surface area contributed by atoms with Crippen LogP contribution >= 0.6 is 0 Å². The molecule has 0 unspecified atom stereocenters. The molecule has 0 aliphatic heterocycles. The standard InChI is InChI=1S/C18H21NO2/c1-3-21-17-12-8-7-11-16(17)19-18(20)13-14(2)15-9-5-4-6-10-15/h4-12,14H,3,13H2,1-2H3,(H,19,20)/t14-/m1/s1. The molecule has 3 nitrogen and oxygen atoms in total. The quantitative estimate of drug-likeness (QED) is 0.862. The zero-order chi connectivity index (χ0) is 15.1. The van der Waals surface area contributed by atoms with Crippen molar-refractivity contribution in [2.45, 2.75) is 26.2 Å². The molecule has 0 aliphatic rings. The van der Waals surface area contributed by atoms with Crippen molar-refractivity contribution in [3.63, 3.8) is 0 Å². The van der Waals surface area contributed by atoms with Gasteiger partial charge in [0.2, 0.25) is 5.91 Å². The van der Waals surface area contributed by atoms with E-state index in [-0.39, 0.29) is 11.8 Å². The fourth-order valence-electron chi connectivity index (χ4n) is 2.23. The molecule has 0 bridgehead atoms. The Bertz CT molecular complexity index is 581. The lowest BCUT2D eigenvalue weighted by Gasteiger charge is -2.14. The summed E-state index contributed by atoms with van der Waals surface area (Å²) in [6.07, 6.45) is 0.449. The lowest BCUT2D eigenvalue weighted by Crippen LogP contribution is -2.15. The highest BCUT2D eigenvalue weighted by Gasteiger charge is 2.12. The third-order valence-electron chi connectivity index (χ3n) is 3.32. The topological polar surface area (TPSA) is 38.3 Å². The number of hydrogen-bond acceptors (Lipinski definition) is 2. The van der Waals surface area contributed by atoms with Gasteiger partial charge in [-0.3, -0.25) is 4.79 Å². The number of rotatable bonds is 6. The van der Waals surface area contributed by atoms with Gasteiger partial charge in [-0.1, -0.05) is 49.4 Å². The van der Waals surface area contributed by atoms with Crippen molar-refractivity contribution in [2.24, 2.45) is 0 Å². The van der Waals surface area contributed by atoms with Crippen LogP contribution in [-0.2, 0) is 4.79 Å². The minimum absolute atomic E-state index is 0.00138. The van der Waals surface area contributed by atoms with Gasteiger partial charge < -0.3 is 10.1 Å². The van der Waals surface area contributed by atoms with E-state index in [2.05, 4.69) is 12.2 Å². The second-order valence-corrected chi connectivity index (χ2v) is 4.99. The maximum Gasteiger partial charge on any atom is 0.225 e. The molecule has 0 aromatic heterocycles. The van der Waals surface area contributed by atoms with Gasteiger partial charge in [0, 0.05) is 6.42 Å². The summed E-state index contributed by atoms with van der Waals surface area (Å²) in [5.41, 5.74) is 1.90. The van der Waals surface area contributed by atoms with Gasteiger partial charge in [0.25, 0.3) is 0 Å². The number of ether oxygens (including phenoxy) is 1. The first kappa shape index (κ1) is 15.1. The predicted octanol–water partition coefficient (Wildman–Crippen LogP) is 4.22. The van der Waals surface area contributed by atoms with Gasteiger partial charge in [0.1, 0.15) is 5.75 Å². The van der Waals surface area contributed by atoms with Crippen LogP contribution in [0.2, 0.25) is 0 Å². The number of hydrogen-bond donors (Lipinski definition) is 1. The van der Waals surface area contributed by atoms with Crippen molar-refractivity contribution in [3.05, 3.63) is 60.2 Å². The molecule has 1 atom stereocenters. The highest BCUT2D eigenvalue weighted by atomic mass is 16.5. The number of anilines is 1. The average molecular weight is 283 g/mol. The second-order valence-electron chi connectivity index (χ2n) is 4.99. The Balaban J connectivity index is 1.99. The fourth-order valence-corrected chi connectivity index (χ4v) is 2.23. The third kappa shape index (κ3) is 4.35. The Morgan fingerprint density at radius 3 is 2.48 bits per heavy atom. The Morgan fingerprint density at radius 1 is 1.10 bits per heavy atom. The summed E-state index contributed by atoms with van der Waals surface area (Å²) in [5, 5.41) is 2.93. The molecule has 1 N–H and O–H groups in total. The summed E-state index contributed by atoms with van der Waals surface area (Å²) >= 11 is 0. The Morgan fingerprint density at radius 2 is 1.76 bits per heavy atom. The Kier molecular flexibility index (Phi) is 5.38. The first-order chi connectivity index (χ1) is 10.2. The average Bonchev–Trinajstić information content (AvgIpc) is 2.50. The van der Waals surface area contributed by atoms with Crippen molar-refractivity contribution in [1.82, 2.24) is 0 Å². The van der Waals surface area contributed by atoms with E-state index in [1.165, 1.54) is 5.56 Å². The van der Waals surface area contributed by atoms with E-state index in [1.54, 1.807) is 0 Å². The van der Waals surface area contributed by atoms with Crippen molar-refractivity contribution >= 4 is 11.6 Å². The maximum absolute atomic E-state index is 12.2. The van der Waals surface area contributed by atoms with Crippen molar-refractivity contribution in [1.29, 1.82) is 0 Å². The molecule has 2 aromatic carbocycles. The molecule has 2 rings (SSSR count). The number of carbonyl (C=O) groups is 1. The van der Waals surface area contributed by atoms with Gasteiger partial charge in [-0.15, -0.1) is 0 Å². The molecule has 2 aromatic rings. The summed E-state index contributed by atoms with van der Waals surface area (Å²) < 4.78 is 5.51. The molecule has 0 radical (unpaired) electrons. The Labute approximate surface area is 126 Å². The smallest absolute Gasteiger partial charge is 0.225 e. The first-order valence-electron chi connectivity index (χ1n) is 7.27. The lowest BCUT2D eigenvalue weighted by molar-refractivity contribution is -0.116. The highest BCUT2D eigenvalue weighted by Crippen LogP contribution is 2.25. The maximum atomic E-state index is 12.2. The van der Waals surface area contributed by atoms with E-state index in [0.29, 0.717) is 18.8 Å². The van der Waals surface area contributed by atoms with E-state index >= 15 is 0 Å². The number of amides is 1. The van der Waals surface area contributed by atoms with Crippen LogP contribution in [0.15, 0.2) is 54.6 Å². The summed E-state index contributed by atoms with van der Waals surface area (Å²) in [6.45, 7) is 4.56. The van der Waals surface area contributed by atoms with Crippen LogP contribution in [0.25, 0.3) is 0 Å². The lowest BCUT2D eigenvalue weighted by atomic mass is 9.97. The number of para-hydroxylation sites is 2. The molecule has 0 fully saturated rings. The fraction of sp³-hybridized carbons (Fsp3) is 0.278.